The molecule has 4 rings (SSSR count). The van der Waals surface area contributed by atoms with E-state index in [-0.39, 0.29) is 35.4 Å². The van der Waals surface area contributed by atoms with Crippen LogP contribution in [0, 0.1) is 0 Å². The van der Waals surface area contributed by atoms with E-state index in [2.05, 4.69) is 15.5 Å². The van der Waals surface area contributed by atoms with Gasteiger partial charge in [-0.3, -0.25) is 14.7 Å². The highest BCUT2D eigenvalue weighted by Gasteiger charge is 2.18. The molecule has 4 aromatic rings. The predicted octanol–water partition coefficient (Wildman–Crippen LogP) is 4.06. The third kappa shape index (κ3) is 3.74. The number of aromatic amines is 1. The third-order valence-corrected chi connectivity index (χ3v) is 4.25. The van der Waals surface area contributed by atoms with E-state index in [0.717, 1.165) is 10.9 Å². The van der Waals surface area contributed by atoms with Gasteiger partial charge in [-0.05, 0) is 48.5 Å². The molecule has 28 heavy (non-hydrogen) atoms. The highest BCUT2D eigenvalue weighted by Crippen LogP contribution is 2.26. The number of ketones is 1. The summed E-state index contributed by atoms with van der Waals surface area (Å²) in [5, 5.41) is 10.8. The summed E-state index contributed by atoms with van der Waals surface area (Å²) in [4.78, 5) is 24.8. The number of amides is 1. The van der Waals surface area contributed by atoms with Gasteiger partial charge in [-0.1, -0.05) is 11.6 Å². The van der Waals surface area contributed by atoms with Crippen LogP contribution in [0.1, 0.15) is 16.1 Å². The van der Waals surface area contributed by atoms with E-state index in [9.17, 15) is 9.59 Å². The summed E-state index contributed by atoms with van der Waals surface area (Å²) < 4.78 is 10.7. The first-order valence-corrected chi connectivity index (χ1v) is 8.71. The van der Waals surface area contributed by atoms with E-state index in [4.69, 9.17) is 20.8 Å². The van der Waals surface area contributed by atoms with Crippen molar-refractivity contribution in [3.05, 3.63) is 77.3 Å². The van der Waals surface area contributed by atoms with Crippen molar-refractivity contribution in [2.24, 2.45) is 0 Å². The number of aromatic nitrogens is 2. The molecule has 0 saturated carbocycles. The largest absolute Gasteiger partial charge is 0.483 e. The van der Waals surface area contributed by atoms with Gasteiger partial charge in [-0.25, -0.2) is 0 Å². The lowest BCUT2D eigenvalue weighted by molar-refractivity contribution is -0.118. The number of anilines is 1. The number of carbonyl (C=O) groups excluding carboxylic acids is 2. The van der Waals surface area contributed by atoms with Gasteiger partial charge in [0.1, 0.15) is 5.75 Å². The van der Waals surface area contributed by atoms with Gasteiger partial charge in [-0.15, -0.1) is 0 Å². The minimum atomic E-state index is -0.382. The molecular weight excluding hydrogens is 382 g/mol. The van der Waals surface area contributed by atoms with Crippen molar-refractivity contribution in [1.82, 2.24) is 10.2 Å². The van der Waals surface area contributed by atoms with E-state index >= 15 is 0 Å². The van der Waals surface area contributed by atoms with Crippen LogP contribution in [-0.4, -0.2) is 28.5 Å². The van der Waals surface area contributed by atoms with Crippen molar-refractivity contribution >= 4 is 39.9 Å². The molecule has 140 valence electrons. The fourth-order valence-electron chi connectivity index (χ4n) is 2.70. The number of ether oxygens (including phenoxy) is 1. The van der Waals surface area contributed by atoms with Crippen LogP contribution in [0.3, 0.4) is 0 Å². The van der Waals surface area contributed by atoms with Gasteiger partial charge >= 0.3 is 0 Å². The van der Waals surface area contributed by atoms with E-state index in [1.807, 2.05) is 6.07 Å². The maximum Gasteiger partial charge on any atom is 0.262 e. The molecule has 0 unspecified atom stereocenters. The molecule has 1 amide bonds. The van der Waals surface area contributed by atoms with Gasteiger partial charge in [0.15, 0.2) is 12.4 Å². The van der Waals surface area contributed by atoms with Gasteiger partial charge in [-0.2, -0.15) is 5.10 Å². The number of hydrogen-bond donors (Lipinski definition) is 2. The monoisotopic (exact) mass is 395 g/mol. The minimum Gasteiger partial charge on any atom is -0.483 e. The van der Waals surface area contributed by atoms with E-state index in [1.165, 1.54) is 12.3 Å². The molecule has 0 aliphatic carbocycles. The minimum absolute atomic E-state index is 0.157. The molecule has 0 fully saturated rings. The number of benzene rings is 2. The Morgan fingerprint density at radius 2 is 2.07 bits per heavy atom. The van der Waals surface area contributed by atoms with Gasteiger partial charge in [0.2, 0.25) is 5.78 Å². The molecule has 2 heterocycles. The average molecular weight is 396 g/mol. The molecule has 7 nitrogen and oxygen atoms in total. The molecule has 8 heteroatoms. The summed E-state index contributed by atoms with van der Waals surface area (Å²) in [5.74, 6) is -0.354. The summed E-state index contributed by atoms with van der Waals surface area (Å²) in [7, 11) is 0. The molecule has 0 radical (unpaired) electrons. The summed E-state index contributed by atoms with van der Waals surface area (Å²) in [5.41, 5.74) is 1.63. The Morgan fingerprint density at radius 1 is 1.18 bits per heavy atom. The zero-order chi connectivity index (χ0) is 19.5. The molecule has 0 atom stereocenters. The predicted molar refractivity (Wildman–Crippen MR) is 104 cm³/mol. The van der Waals surface area contributed by atoms with Gasteiger partial charge in [0.05, 0.1) is 23.5 Å². The van der Waals surface area contributed by atoms with Crippen LogP contribution in [-0.2, 0) is 4.79 Å². The summed E-state index contributed by atoms with van der Waals surface area (Å²) in [6, 6.07) is 13.1. The molecule has 0 aliphatic rings. The zero-order valence-electron chi connectivity index (χ0n) is 14.4. The number of H-pyrrole nitrogens is 1. The molecule has 0 spiro atoms. The quantitative estimate of drug-likeness (QED) is 0.480. The Hall–Kier alpha value is -3.58. The topological polar surface area (TPSA) is 97.2 Å². The van der Waals surface area contributed by atoms with Crippen molar-refractivity contribution < 1.29 is 18.7 Å². The Bertz CT molecular complexity index is 1150. The second kappa shape index (κ2) is 7.58. The maximum atomic E-state index is 12.6. The normalized spacial score (nSPS) is 10.8. The molecule has 2 aromatic heterocycles. The Kier molecular flexibility index (Phi) is 4.82. The fourth-order valence-corrected chi connectivity index (χ4v) is 2.87. The standard InChI is InChI=1S/C20H14ClN3O4/c21-13-4-6-17(15(8-13)20(26)18-2-1-7-27-18)28-11-19(25)23-14-5-3-12-10-22-24-16(12)9-14/h1-10H,11H2,(H,22,24)(H,23,25). The lowest BCUT2D eigenvalue weighted by Gasteiger charge is -2.11. The van der Waals surface area contributed by atoms with Gasteiger partial charge in [0.25, 0.3) is 5.91 Å². The third-order valence-electron chi connectivity index (χ3n) is 4.02. The smallest absolute Gasteiger partial charge is 0.262 e. The molecule has 0 saturated heterocycles. The van der Waals surface area contributed by atoms with Crippen molar-refractivity contribution in [2.75, 3.05) is 11.9 Å². The van der Waals surface area contributed by atoms with Crippen LogP contribution in [0.5, 0.6) is 5.75 Å². The number of rotatable bonds is 6. The molecule has 2 N–H and O–H groups in total. The lowest BCUT2D eigenvalue weighted by Crippen LogP contribution is -2.21. The summed E-state index contributed by atoms with van der Waals surface area (Å²) in [6.45, 7) is -0.277. The second-order valence-corrected chi connectivity index (χ2v) is 6.39. The van der Waals surface area contributed by atoms with Crippen molar-refractivity contribution in [3.63, 3.8) is 0 Å². The van der Waals surface area contributed by atoms with Crippen LogP contribution in [0.15, 0.2) is 65.4 Å². The average Bonchev–Trinajstić information content (AvgIpc) is 3.38. The van der Waals surface area contributed by atoms with Gasteiger partial charge < -0.3 is 14.5 Å². The van der Waals surface area contributed by atoms with Crippen LogP contribution in [0.4, 0.5) is 5.69 Å². The van der Waals surface area contributed by atoms with E-state index in [1.54, 1.807) is 42.6 Å². The van der Waals surface area contributed by atoms with Crippen LogP contribution in [0.25, 0.3) is 10.9 Å². The first-order valence-electron chi connectivity index (χ1n) is 8.34. The van der Waals surface area contributed by atoms with Crippen molar-refractivity contribution in [3.8, 4) is 5.75 Å². The van der Waals surface area contributed by atoms with E-state index < -0.39 is 0 Å². The number of fused-ring (bicyclic) bond motifs is 1. The van der Waals surface area contributed by atoms with Crippen LogP contribution >= 0.6 is 11.6 Å². The first kappa shape index (κ1) is 17.8. The van der Waals surface area contributed by atoms with Gasteiger partial charge in [0, 0.05) is 16.1 Å². The number of halogens is 1. The first-order chi connectivity index (χ1) is 13.6. The molecule has 0 bridgehead atoms. The lowest BCUT2D eigenvalue weighted by atomic mass is 10.1. The number of hydrogen-bond acceptors (Lipinski definition) is 5. The molecule has 0 aliphatic heterocycles. The Morgan fingerprint density at radius 3 is 2.89 bits per heavy atom. The Labute approximate surface area is 164 Å². The summed E-state index contributed by atoms with van der Waals surface area (Å²) in [6.07, 6.45) is 3.10. The zero-order valence-corrected chi connectivity index (χ0v) is 15.2. The van der Waals surface area contributed by atoms with Crippen molar-refractivity contribution in [2.45, 2.75) is 0 Å². The SMILES string of the molecule is O=C(COc1ccc(Cl)cc1C(=O)c1ccco1)Nc1ccc2cn[nH]c2c1. The number of nitrogens with zero attached hydrogens (tertiary/aromatic N) is 1. The number of nitrogens with one attached hydrogen (secondary N) is 2. The fraction of sp³-hybridized carbons (Fsp3) is 0.0500. The maximum absolute atomic E-state index is 12.6. The molecular formula is C20H14ClN3O4. The second-order valence-electron chi connectivity index (χ2n) is 5.96. The summed E-state index contributed by atoms with van der Waals surface area (Å²) >= 11 is 6.00. The number of furan rings is 1. The van der Waals surface area contributed by atoms with Crippen LogP contribution < -0.4 is 10.1 Å². The van der Waals surface area contributed by atoms with Crippen molar-refractivity contribution in [1.29, 1.82) is 0 Å². The van der Waals surface area contributed by atoms with Crippen LogP contribution in [0.2, 0.25) is 5.02 Å². The Balaban J connectivity index is 1.46. The highest BCUT2D eigenvalue weighted by atomic mass is 35.5. The highest BCUT2D eigenvalue weighted by molar-refractivity contribution is 6.31. The number of carbonyl (C=O) groups is 2. The van der Waals surface area contributed by atoms with E-state index in [0.29, 0.717) is 10.7 Å². The molecule has 2 aromatic carbocycles.